The fourth-order valence-electron chi connectivity index (χ4n) is 5.17. The van der Waals surface area contributed by atoms with Crippen LogP contribution in [0.15, 0.2) is 94.6 Å². The summed E-state index contributed by atoms with van der Waals surface area (Å²) in [5.41, 5.74) is 0.811. The molecule has 9 nitrogen and oxygen atoms in total. The van der Waals surface area contributed by atoms with Crippen molar-refractivity contribution in [2.75, 3.05) is 27.4 Å². The van der Waals surface area contributed by atoms with Gasteiger partial charge in [0.05, 0.1) is 33.5 Å². The molecule has 5 rings (SSSR count). The third kappa shape index (κ3) is 5.06. The molecular formula is C31H32N2O7. The maximum Gasteiger partial charge on any atom is 0.328 e. The Hall–Kier alpha value is -4.18. The fraction of sp³-hybridized carbons (Fsp3) is 0.290. The monoisotopic (exact) mass is 544 g/mol. The highest BCUT2D eigenvalue weighted by atomic mass is 16.6. The summed E-state index contributed by atoms with van der Waals surface area (Å²) >= 11 is 0. The molecule has 1 aliphatic heterocycles. The van der Waals surface area contributed by atoms with Crippen molar-refractivity contribution < 1.29 is 24.1 Å². The van der Waals surface area contributed by atoms with Crippen molar-refractivity contribution in [3.63, 3.8) is 0 Å². The van der Waals surface area contributed by atoms with Crippen molar-refractivity contribution in [1.82, 2.24) is 9.55 Å². The quantitative estimate of drug-likeness (QED) is 0.311. The zero-order chi connectivity index (χ0) is 28.3. The number of methoxy groups -OCH3 is 2. The number of aromatic amines is 1. The molecule has 4 aromatic rings. The number of aliphatic hydroxyl groups excluding tert-OH is 1. The molecule has 208 valence electrons. The largest absolute Gasteiger partial charge is 0.497 e. The Morgan fingerprint density at radius 3 is 2.00 bits per heavy atom. The first-order valence-electron chi connectivity index (χ1n) is 13.0. The van der Waals surface area contributed by atoms with Crippen LogP contribution >= 0.6 is 0 Å². The van der Waals surface area contributed by atoms with E-state index in [2.05, 4.69) is 4.98 Å². The number of aliphatic hydroxyl groups is 1. The maximum atomic E-state index is 12.5. The van der Waals surface area contributed by atoms with Crippen LogP contribution in [-0.4, -0.2) is 54.3 Å². The van der Waals surface area contributed by atoms with Crippen LogP contribution < -0.4 is 20.7 Å². The molecule has 2 heterocycles. The summed E-state index contributed by atoms with van der Waals surface area (Å²) in [6.07, 6.45) is -0.336. The van der Waals surface area contributed by atoms with E-state index in [-0.39, 0.29) is 13.2 Å². The summed E-state index contributed by atoms with van der Waals surface area (Å²) in [5, 5.41) is 11.2. The van der Waals surface area contributed by atoms with E-state index in [4.69, 9.17) is 18.9 Å². The van der Waals surface area contributed by atoms with Crippen molar-refractivity contribution >= 4 is 0 Å². The third-order valence-corrected chi connectivity index (χ3v) is 7.40. The van der Waals surface area contributed by atoms with Crippen LogP contribution in [0.25, 0.3) is 0 Å². The summed E-state index contributed by atoms with van der Waals surface area (Å²) in [5.74, 6) is 1.42. The molecule has 40 heavy (non-hydrogen) atoms. The lowest BCUT2D eigenvalue weighted by Gasteiger charge is -2.37. The van der Waals surface area contributed by atoms with E-state index >= 15 is 0 Å². The Balaban J connectivity index is 1.54. The highest BCUT2D eigenvalue weighted by Gasteiger charge is 2.43. The van der Waals surface area contributed by atoms with E-state index in [1.807, 2.05) is 78.9 Å². The lowest BCUT2D eigenvalue weighted by atomic mass is 9.80. The number of H-pyrrole nitrogens is 1. The average Bonchev–Trinajstić information content (AvgIpc) is 3.36. The van der Waals surface area contributed by atoms with Crippen LogP contribution in [0.2, 0.25) is 0 Å². The first-order chi connectivity index (χ1) is 19.4. The molecule has 0 saturated carbocycles. The number of aryl methyl sites for hydroxylation is 1. The molecule has 0 unspecified atom stereocenters. The predicted molar refractivity (Wildman–Crippen MR) is 149 cm³/mol. The van der Waals surface area contributed by atoms with Gasteiger partial charge in [0.2, 0.25) is 0 Å². The van der Waals surface area contributed by atoms with Crippen LogP contribution in [0.4, 0.5) is 0 Å². The van der Waals surface area contributed by atoms with E-state index in [0.717, 1.165) is 16.7 Å². The van der Waals surface area contributed by atoms with Crippen molar-refractivity contribution in [2.45, 2.75) is 30.8 Å². The molecule has 3 atom stereocenters. The maximum absolute atomic E-state index is 12.5. The Kier molecular flexibility index (Phi) is 7.88. The Bertz CT molecular complexity index is 1500. The second-order valence-electron chi connectivity index (χ2n) is 9.72. The first-order valence-corrected chi connectivity index (χ1v) is 13.0. The van der Waals surface area contributed by atoms with Gasteiger partial charge < -0.3 is 24.1 Å². The van der Waals surface area contributed by atoms with Gasteiger partial charge in [0, 0.05) is 11.8 Å². The molecular weight excluding hydrogens is 512 g/mol. The van der Waals surface area contributed by atoms with Crippen molar-refractivity contribution in [1.29, 1.82) is 0 Å². The average molecular weight is 545 g/mol. The van der Waals surface area contributed by atoms with E-state index in [1.54, 1.807) is 21.1 Å². The number of benzene rings is 3. The van der Waals surface area contributed by atoms with E-state index in [1.165, 1.54) is 10.8 Å². The molecule has 2 N–H and O–H groups in total. The predicted octanol–water partition coefficient (Wildman–Crippen LogP) is 3.17. The number of hydrogen-bond donors (Lipinski definition) is 2. The number of nitrogens with one attached hydrogen (secondary N) is 1. The van der Waals surface area contributed by atoms with Crippen molar-refractivity contribution in [3.8, 4) is 11.5 Å². The number of aromatic nitrogens is 2. The standard InChI is InChI=1S/C31H32N2O7/c1-20-17-33(30(36)32-29(20)35)26-18-39-27(28(26)34)19-40-31(21-7-5-4-6-8-21,22-9-13-24(37-2)14-10-22)23-11-15-25(38-3)16-12-23/h4-17,26-28,34H,18-19H2,1-3H3,(H,32,35,36)/t26-,27-,28+/m0/s1. The minimum Gasteiger partial charge on any atom is -0.497 e. The molecule has 1 fully saturated rings. The van der Waals surface area contributed by atoms with Crippen LogP contribution in [0, 0.1) is 6.92 Å². The van der Waals surface area contributed by atoms with Gasteiger partial charge in [0.15, 0.2) is 0 Å². The van der Waals surface area contributed by atoms with Gasteiger partial charge in [-0.2, -0.15) is 0 Å². The van der Waals surface area contributed by atoms with Gasteiger partial charge in [-0.25, -0.2) is 4.79 Å². The van der Waals surface area contributed by atoms with Gasteiger partial charge in [-0.15, -0.1) is 0 Å². The number of nitrogens with zero attached hydrogens (tertiary/aromatic N) is 1. The molecule has 0 aliphatic carbocycles. The molecule has 0 spiro atoms. The summed E-state index contributed by atoms with van der Waals surface area (Å²) in [7, 11) is 3.23. The molecule has 0 radical (unpaired) electrons. The van der Waals surface area contributed by atoms with Crippen LogP contribution in [0.3, 0.4) is 0 Å². The van der Waals surface area contributed by atoms with Gasteiger partial charge in [0.25, 0.3) is 5.56 Å². The van der Waals surface area contributed by atoms with Crippen LogP contribution in [-0.2, 0) is 15.1 Å². The zero-order valence-corrected chi connectivity index (χ0v) is 22.6. The van der Waals surface area contributed by atoms with Gasteiger partial charge >= 0.3 is 5.69 Å². The summed E-state index contributed by atoms with van der Waals surface area (Å²) < 4.78 is 24.9. The molecule has 3 aromatic carbocycles. The number of rotatable bonds is 9. The van der Waals surface area contributed by atoms with E-state index in [0.29, 0.717) is 17.1 Å². The lowest BCUT2D eigenvalue weighted by Crippen LogP contribution is -2.41. The van der Waals surface area contributed by atoms with E-state index in [9.17, 15) is 14.7 Å². The lowest BCUT2D eigenvalue weighted by molar-refractivity contribution is -0.0706. The van der Waals surface area contributed by atoms with Gasteiger partial charge in [-0.3, -0.25) is 14.3 Å². The molecule has 0 bridgehead atoms. The fourth-order valence-corrected chi connectivity index (χ4v) is 5.17. The molecule has 0 amide bonds. The highest BCUT2D eigenvalue weighted by Crippen LogP contribution is 2.42. The van der Waals surface area contributed by atoms with Crippen molar-refractivity contribution in [3.05, 3.63) is 128 Å². The van der Waals surface area contributed by atoms with Crippen LogP contribution in [0.5, 0.6) is 11.5 Å². The number of hydrogen-bond acceptors (Lipinski definition) is 7. The van der Waals surface area contributed by atoms with Crippen LogP contribution in [0.1, 0.15) is 28.3 Å². The third-order valence-electron chi connectivity index (χ3n) is 7.40. The Morgan fingerprint density at radius 2 is 1.45 bits per heavy atom. The highest BCUT2D eigenvalue weighted by molar-refractivity contribution is 5.49. The Morgan fingerprint density at radius 1 is 0.900 bits per heavy atom. The minimum absolute atomic E-state index is 0.0156. The van der Waals surface area contributed by atoms with Crippen molar-refractivity contribution in [2.24, 2.45) is 0 Å². The Labute approximate surface area is 231 Å². The molecule has 1 aromatic heterocycles. The summed E-state index contributed by atoms with van der Waals surface area (Å²) in [6, 6.07) is 24.5. The first kappa shape index (κ1) is 27.4. The topological polar surface area (TPSA) is 112 Å². The molecule has 1 aliphatic rings. The minimum atomic E-state index is -1.08. The van der Waals surface area contributed by atoms with Gasteiger partial charge in [0.1, 0.15) is 29.3 Å². The van der Waals surface area contributed by atoms with Gasteiger partial charge in [-0.05, 0) is 47.9 Å². The molecule has 1 saturated heterocycles. The normalized spacial score (nSPS) is 18.9. The van der Waals surface area contributed by atoms with Gasteiger partial charge in [-0.1, -0.05) is 54.6 Å². The number of ether oxygens (including phenoxy) is 4. The molecule has 9 heteroatoms. The second-order valence-corrected chi connectivity index (χ2v) is 9.72. The zero-order valence-electron chi connectivity index (χ0n) is 22.6. The summed E-state index contributed by atoms with van der Waals surface area (Å²) in [4.78, 5) is 26.6. The second kappa shape index (κ2) is 11.5. The summed E-state index contributed by atoms with van der Waals surface area (Å²) in [6.45, 7) is 1.71. The SMILES string of the molecule is COc1ccc(C(OC[C@@H]2OC[C@H](n3cc(C)c(=O)[nH]c3=O)[C@H]2O)(c2ccccc2)c2ccc(OC)cc2)cc1. The van der Waals surface area contributed by atoms with E-state index < -0.39 is 35.1 Å². The smallest absolute Gasteiger partial charge is 0.328 e.